The second kappa shape index (κ2) is 7.44. The summed E-state index contributed by atoms with van der Waals surface area (Å²) in [5, 5.41) is 30.8. The molecule has 1 spiro atoms. The van der Waals surface area contributed by atoms with Crippen molar-refractivity contribution in [3.63, 3.8) is 0 Å². The van der Waals surface area contributed by atoms with Crippen LogP contribution in [0.1, 0.15) is 85.5 Å². The Morgan fingerprint density at radius 1 is 1.16 bits per heavy atom. The molecule has 3 N–H and O–H groups in total. The van der Waals surface area contributed by atoms with Gasteiger partial charge in [0.25, 0.3) is 0 Å². The van der Waals surface area contributed by atoms with E-state index in [-0.39, 0.29) is 41.2 Å². The number of ether oxygens (including phenoxy) is 1. The van der Waals surface area contributed by atoms with Crippen LogP contribution in [0.4, 0.5) is 0 Å². The minimum Gasteiger partial charge on any atom is -0.481 e. The van der Waals surface area contributed by atoms with Gasteiger partial charge in [-0.1, -0.05) is 20.8 Å². The van der Waals surface area contributed by atoms with Gasteiger partial charge in [0.15, 0.2) is 0 Å². The third-order valence-corrected chi connectivity index (χ3v) is 10.7. The molecule has 4 fully saturated rings. The number of aliphatic hydroxyl groups excluding tert-OH is 1. The molecule has 1 heterocycles. The highest BCUT2D eigenvalue weighted by atomic mass is 16.6. The van der Waals surface area contributed by atoms with Crippen LogP contribution in [0, 0.1) is 40.4 Å². The van der Waals surface area contributed by atoms with Crippen molar-refractivity contribution in [3.8, 4) is 0 Å². The average Bonchev–Trinajstić information content (AvgIpc) is 3.13. The molecule has 4 rings (SSSR count). The maximum Gasteiger partial charge on any atom is 0.306 e. The standard InChI is InChI=1S/C25H40O6/c1-15(21(28)29)17-8-11-23(3)18-5-6-19(24(4,30)14-26)25(12-9-20(27)31-25)13-16(18)7-10-22(17,23)2/h15-19,26,30H,5-14H2,1-4H3,(H,28,29). The van der Waals surface area contributed by atoms with Gasteiger partial charge in [-0.2, -0.15) is 0 Å². The molecule has 1 saturated heterocycles. The molecule has 9 atom stereocenters. The van der Waals surface area contributed by atoms with E-state index in [1.807, 2.05) is 6.92 Å². The minimum absolute atomic E-state index is 0.0230. The summed E-state index contributed by atoms with van der Waals surface area (Å²) < 4.78 is 5.99. The van der Waals surface area contributed by atoms with Crippen molar-refractivity contribution >= 4 is 11.9 Å². The Morgan fingerprint density at radius 3 is 2.42 bits per heavy atom. The molecule has 3 saturated carbocycles. The Kier molecular flexibility index (Phi) is 5.53. The molecule has 176 valence electrons. The number of fused-ring (bicyclic) bond motifs is 3. The number of aliphatic carboxylic acids is 1. The monoisotopic (exact) mass is 436 g/mol. The van der Waals surface area contributed by atoms with Crippen LogP contribution in [0.25, 0.3) is 0 Å². The second-order valence-corrected chi connectivity index (χ2v) is 11.9. The summed E-state index contributed by atoms with van der Waals surface area (Å²) in [5.41, 5.74) is -1.98. The Hall–Kier alpha value is -1.14. The van der Waals surface area contributed by atoms with Gasteiger partial charge in [0, 0.05) is 12.3 Å². The van der Waals surface area contributed by atoms with Crippen LogP contribution in [-0.4, -0.2) is 45.1 Å². The first-order chi connectivity index (χ1) is 14.4. The van der Waals surface area contributed by atoms with Crippen LogP contribution >= 0.6 is 0 Å². The molecular weight excluding hydrogens is 396 g/mol. The molecule has 0 aromatic heterocycles. The van der Waals surface area contributed by atoms with Crippen molar-refractivity contribution < 1.29 is 29.6 Å². The summed E-state index contributed by atoms with van der Waals surface area (Å²) in [5.74, 6) is -0.551. The molecule has 3 aliphatic carbocycles. The van der Waals surface area contributed by atoms with Gasteiger partial charge >= 0.3 is 11.9 Å². The molecule has 0 aromatic rings. The number of hydrogen-bond donors (Lipinski definition) is 3. The van der Waals surface area contributed by atoms with E-state index in [1.54, 1.807) is 6.92 Å². The van der Waals surface area contributed by atoms with Crippen LogP contribution in [0.3, 0.4) is 0 Å². The third kappa shape index (κ3) is 3.26. The van der Waals surface area contributed by atoms with Gasteiger partial charge in [-0.3, -0.25) is 9.59 Å². The minimum atomic E-state index is -1.29. The molecule has 31 heavy (non-hydrogen) atoms. The van der Waals surface area contributed by atoms with E-state index in [0.29, 0.717) is 31.1 Å². The zero-order valence-electron chi connectivity index (χ0n) is 19.5. The number of rotatable bonds is 4. The van der Waals surface area contributed by atoms with E-state index >= 15 is 0 Å². The fourth-order valence-electron chi connectivity index (χ4n) is 8.76. The third-order valence-electron chi connectivity index (χ3n) is 10.7. The molecule has 0 aromatic carbocycles. The van der Waals surface area contributed by atoms with Gasteiger partial charge < -0.3 is 20.1 Å². The Balaban J connectivity index is 1.69. The van der Waals surface area contributed by atoms with E-state index in [4.69, 9.17) is 4.74 Å². The van der Waals surface area contributed by atoms with Crippen molar-refractivity contribution in [1.29, 1.82) is 0 Å². The highest BCUT2D eigenvalue weighted by Gasteiger charge is 2.65. The van der Waals surface area contributed by atoms with Crippen molar-refractivity contribution in [2.75, 3.05) is 6.61 Å². The van der Waals surface area contributed by atoms with Gasteiger partial charge in [-0.15, -0.1) is 0 Å². The van der Waals surface area contributed by atoms with E-state index in [9.17, 15) is 24.9 Å². The predicted octanol–water partition coefficient (Wildman–Crippen LogP) is 3.78. The average molecular weight is 437 g/mol. The number of carbonyl (C=O) groups excluding carboxylic acids is 1. The van der Waals surface area contributed by atoms with Crippen LogP contribution in [0.15, 0.2) is 0 Å². The molecule has 0 bridgehead atoms. The first-order valence-corrected chi connectivity index (χ1v) is 12.2. The van der Waals surface area contributed by atoms with E-state index in [0.717, 1.165) is 38.5 Å². The lowest BCUT2D eigenvalue weighted by Gasteiger charge is -2.57. The molecule has 0 amide bonds. The molecule has 1 aliphatic heterocycles. The van der Waals surface area contributed by atoms with Gasteiger partial charge in [-0.05, 0) is 86.9 Å². The number of carboxylic acids is 1. The fourth-order valence-corrected chi connectivity index (χ4v) is 8.76. The summed E-state index contributed by atoms with van der Waals surface area (Å²) in [6, 6.07) is 0. The van der Waals surface area contributed by atoms with Crippen molar-refractivity contribution in [2.45, 2.75) is 96.7 Å². The molecular formula is C25H40O6. The van der Waals surface area contributed by atoms with Gasteiger partial charge in [-0.25, -0.2) is 0 Å². The number of carboxylic acid groups (broad SMARTS) is 1. The lowest BCUT2D eigenvalue weighted by Crippen LogP contribution is -2.53. The Bertz CT molecular complexity index is 748. The normalized spacial score (nSPS) is 47.7. The maximum absolute atomic E-state index is 12.2. The lowest BCUT2D eigenvalue weighted by molar-refractivity contribution is -0.173. The quantitative estimate of drug-likeness (QED) is 0.580. The topological polar surface area (TPSA) is 104 Å². The first kappa shape index (κ1) is 23.0. The van der Waals surface area contributed by atoms with E-state index in [1.165, 1.54) is 0 Å². The van der Waals surface area contributed by atoms with E-state index in [2.05, 4.69) is 13.8 Å². The molecule has 4 aliphatic rings. The van der Waals surface area contributed by atoms with Crippen LogP contribution in [0.5, 0.6) is 0 Å². The highest BCUT2D eigenvalue weighted by Crippen LogP contribution is 2.70. The molecule has 9 unspecified atom stereocenters. The zero-order chi connectivity index (χ0) is 22.8. The number of esters is 1. The van der Waals surface area contributed by atoms with Crippen molar-refractivity contribution in [3.05, 3.63) is 0 Å². The van der Waals surface area contributed by atoms with Crippen molar-refractivity contribution in [2.24, 2.45) is 40.4 Å². The summed E-state index contributed by atoms with van der Waals surface area (Å²) in [6.45, 7) is 7.88. The zero-order valence-corrected chi connectivity index (χ0v) is 19.5. The molecule has 6 nitrogen and oxygen atoms in total. The van der Waals surface area contributed by atoms with Gasteiger partial charge in [0.05, 0.1) is 18.1 Å². The van der Waals surface area contributed by atoms with Gasteiger partial charge in [0.2, 0.25) is 0 Å². The summed E-state index contributed by atoms with van der Waals surface area (Å²) in [7, 11) is 0. The number of carbonyl (C=O) groups is 2. The maximum atomic E-state index is 12.2. The Labute approximate surface area is 185 Å². The highest BCUT2D eigenvalue weighted by molar-refractivity contribution is 5.72. The lowest BCUT2D eigenvalue weighted by atomic mass is 9.48. The smallest absolute Gasteiger partial charge is 0.306 e. The van der Waals surface area contributed by atoms with E-state index < -0.39 is 17.2 Å². The fraction of sp³-hybridized carbons (Fsp3) is 0.920. The predicted molar refractivity (Wildman–Crippen MR) is 115 cm³/mol. The summed E-state index contributed by atoms with van der Waals surface area (Å²) in [4.78, 5) is 24.0. The van der Waals surface area contributed by atoms with Crippen LogP contribution in [0.2, 0.25) is 0 Å². The van der Waals surface area contributed by atoms with Crippen LogP contribution in [-0.2, 0) is 14.3 Å². The SMILES string of the molecule is CC(C(=O)O)C1CCC2(C)C3CCC(C(C)(O)CO)C4(CCC(=O)O4)CC3CCC12C. The second-order valence-electron chi connectivity index (χ2n) is 11.9. The Morgan fingerprint density at radius 2 is 1.84 bits per heavy atom. The molecule has 0 radical (unpaired) electrons. The van der Waals surface area contributed by atoms with Gasteiger partial charge in [0.1, 0.15) is 5.60 Å². The molecule has 6 heteroatoms. The number of hydrogen-bond acceptors (Lipinski definition) is 5. The first-order valence-electron chi connectivity index (χ1n) is 12.2. The summed E-state index contributed by atoms with van der Waals surface area (Å²) >= 11 is 0. The summed E-state index contributed by atoms with van der Waals surface area (Å²) in [6.07, 6.45) is 7.35. The van der Waals surface area contributed by atoms with Crippen LogP contribution < -0.4 is 0 Å². The van der Waals surface area contributed by atoms with Crippen molar-refractivity contribution in [1.82, 2.24) is 0 Å². The number of aliphatic hydroxyl groups is 2. The largest absolute Gasteiger partial charge is 0.481 e.